The van der Waals surface area contributed by atoms with E-state index < -0.39 is 21.9 Å². The highest BCUT2D eigenvalue weighted by molar-refractivity contribution is 7.92. The molecule has 2 aromatic carbocycles. The van der Waals surface area contributed by atoms with Crippen molar-refractivity contribution in [2.75, 3.05) is 30.8 Å². The molecular weight excluding hydrogens is 473 g/mol. The number of hydrogen-bond acceptors (Lipinski definition) is 5. The molecule has 0 aliphatic heterocycles. The van der Waals surface area contributed by atoms with Crippen LogP contribution in [0.4, 0.5) is 10.1 Å². The molecule has 0 aromatic heterocycles. The summed E-state index contributed by atoms with van der Waals surface area (Å²) < 4.78 is 45.7. The highest BCUT2D eigenvalue weighted by Gasteiger charge is 2.27. The Kier molecular flexibility index (Phi) is 10.5. The van der Waals surface area contributed by atoms with Gasteiger partial charge in [-0.2, -0.15) is 0 Å². The predicted molar refractivity (Wildman–Crippen MR) is 134 cm³/mol. The summed E-state index contributed by atoms with van der Waals surface area (Å²) >= 11 is 0. The average molecular weight is 508 g/mol. The molecular formula is C25H34FN3O5S. The quantitative estimate of drug-likeness (QED) is 0.449. The zero-order chi connectivity index (χ0) is 26.0. The topological polar surface area (TPSA) is 96.0 Å². The standard InChI is InChI=1S/C25H34FN3O5S/c1-5-16-27-25(31)19(2)28(18-20-11-6-7-12-21(20)26)24(30)15-10-17-29(35(4,32)33)22-13-8-9-14-23(22)34-3/h6-9,11-14,19H,5,10,15-18H2,1-4H3,(H,27,31)/t19-/m0/s1. The van der Waals surface area contributed by atoms with E-state index in [2.05, 4.69) is 5.32 Å². The van der Waals surface area contributed by atoms with Gasteiger partial charge in [-0.3, -0.25) is 13.9 Å². The fourth-order valence-electron chi connectivity index (χ4n) is 3.61. The Morgan fingerprint density at radius 3 is 2.40 bits per heavy atom. The maximum atomic E-state index is 14.3. The first-order valence-corrected chi connectivity index (χ1v) is 13.4. The summed E-state index contributed by atoms with van der Waals surface area (Å²) in [4.78, 5) is 27.1. The van der Waals surface area contributed by atoms with Crippen molar-refractivity contribution in [1.29, 1.82) is 0 Å². The minimum absolute atomic E-state index is 0.0268. The number of amides is 2. The van der Waals surface area contributed by atoms with Crippen LogP contribution >= 0.6 is 0 Å². The minimum atomic E-state index is -3.65. The number of benzene rings is 2. The Hall–Kier alpha value is -3.14. The van der Waals surface area contributed by atoms with Crippen molar-refractivity contribution in [3.8, 4) is 5.75 Å². The van der Waals surface area contributed by atoms with E-state index in [0.29, 0.717) is 23.5 Å². The molecule has 0 unspecified atom stereocenters. The molecule has 0 saturated carbocycles. The molecule has 35 heavy (non-hydrogen) atoms. The van der Waals surface area contributed by atoms with Gasteiger partial charge in [0.2, 0.25) is 21.8 Å². The first-order valence-electron chi connectivity index (χ1n) is 11.5. The van der Waals surface area contributed by atoms with Crippen LogP contribution in [0.25, 0.3) is 0 Å². The van der Waals surface area contributed by atoms with E-state index in [1.807, 2.05) is 6.92 Å². The molecule has 10 heteroatoms. The summed E-state index contributed by atoms with van der Waals surface area (Å²) in [6.45, 7) is 3.94. The first kappa shape index (κ1) is 28.1. The van der Waals surface area contributed by atoms with E-state index in [1.54, 1.807) is 49.4 Å². The van der Waals surface area contributed by atoms with Gasteiger partial charge in [0.15, 0.2) is 0 Å². The number of hydrogen-bond donors (Lipinski definition) is 1. The number of methoxy groups -OCH3 is 1. The molecule has 2 aromatic rings. The number of ether oxygens (including phenoxy) is 1. The first-order chi connectivity index (χ1) is 16.6. The van der Waals surface area contributed by atoms with Gasteiger partial charge in [-0.1, -0.05) is 37.3 Å². The Morgan fingerprint density at radius 2 is 1.77 bits per heavy atom. The largest absolute Gasteiger partial charge is 0.495 e. The second-order valence-electron chi connectivity index (χ2n) is 8.19. The van der Waals surface area contributed by atoms with Crippen LogP contribution in [-0.2, 0) is 26.2 Å². The number of sulfonamides is 1. The van der Waals surface area contributed by atoms with Crippen LogP contribution in [0.1, 0.15) is 38.7 Å². The predicted octanol–water partition coefficient (Wildman–Crippen LogP) is 3.32. The van der Waals surface area contributed by atoms with Gasteiger partial charge < -0.3 is 15.0 Å². The molecule has 0 aliphatic rings. The third kappa shape index (κ3) is 7.95. The van der Waals surface area contributed by atoms with Gasteiger partial charge in [0, 0.05) is 31.6 Å². The van der Waals surface area contributed by atoms with Gasteiger partial charge in [-0.25, -0.2) is 12.8 Å². The second kappa shape index (κ2) is 13.1. The zero-order valence-electron chi connectivity index (χ0n) is 20.7. The van der Waals surface area contributed by atoms with Crippen molar-refractivity contribution >= 4 is 27.5 Å². The van der Waals surface area contributed by atoms with Crippen LogP contribution in [0.15, 0.2) is 48.5 Å². The lowest BCUT2D eigenvalue weighted by Crippen LogP contribution is -2.48. The van der Waals surface area contributed by atoms with Crippen LogP contribution in [0, 0.1) is 5.82 Å². The molecule has 0 saturated heterocycles. The SMILES string of the molecule is CCCNC(=O)[C@H](C)N(Cc1ccccc1F)C(=O)CCCN(c1ccccc1OC)S(C)(=O)=O. The van der Waals surface area contributed by atoms with E-state index in [-0.39, 0.29) is 37.7 Å². The maximum absolute atomic E-state index is 14.3. The summed E-state index contributed by atoms with van der Waals surface area (Å²) in [7, 11) is -2.20. The van der Waals surface area contributed by atoms with Gasteiger partial charge in [0.1, 0.15) is 17.6 Å². The Bertz CT molecular complexity index is 1110. The summed E-state index contributed by atoms with van der Waals surface area (Å²) in [5.74, 6) is -0.776. The summed E-state index contributed by atoms with van der Waals surface area (Å²) in [6, 6.07) is 12.0. The van der Waals surface area contributed by atoms with Gasteiger partial charge in [0.25, 0.3) is 0 Å². The van der Waals surface area contributed by atoms with E-state index in [0.717, 1.165) is 12.7 Å². The van der Waals surface area contributed by atoms with Crippen LogP contribution in [-0.4, -0.2) is 57.6 Å². The number of anilines is 1. The molecule has 1 atom stereocenters. The normalized spacial score (nSPS) is 12.0. The van der Waals surface area contributed by atoms with Crippen molar-refractivity contribution in [3.63, 3.8) is 0 Å². The smallest absolute Gasteiger partial charge is 0.242 e. The van der Waals surface area contributed by atoms with Crippen molar-refractivity contribution in [2.45, 2.75) is 45.7 Å². The van der Waals surface area contributed by atoms with Crippen molar-refractivity contribution < 1.29 is 27.1 Å². The van der Waals surface area contributed by atoms with Crippen molar-refractivity contribution in [3.05, 3.63) is 59.9 Å². The lowest BCUT2D eigenvalue weighted by atomic mass is 10.1. The number of carbonyl (C=O) groups is 2. The molecule has 8 nitrogen and oxygen atoms in total. The number of rotatable bonds is 13. The fourth-order valence-corrected chi connectivity index (χ4v) is 4.58. The summed E-state index contributed by atoms with van der Waals surface area (Å²) in [5.41, 5.74) is 0.670. The maximum Gasteiger partial charge on any atom is 0.242 e. The highest BCUT2D eigenvalue weighted by Crippen LogP contribution is 2.29. The molecule has 0 radical (unpaired) electrons. The van der Waals surface area contributed by atoms with Crippen LogP contribution < -0.4 is 14.4 Å². The number of nitrogens with zero attached hydrogens (tertiary/aromatic N) is 2. The van der Waals surface area contributed by atoms with E-state index in [9.17, 15) is 22.4 Å². The van der Waals surface area contributed by atoms with E-state index >= 15 is 0 Å². The lowest BCUT2D eigenvalue weighted by Gasteiger charge is -2.29. The Morgan fingerprint density at radius 1 is 1.11 bits per heavy atom. The minimum Gasteiger partial charge on any atom is -0.495 e. The highest BCUT2D eigenvalue weighted by atomic mass is 32.2. The molecule has 0 aliphatic carbocycles. The molecule has 0 spiro atoms. The number of halogens is 1. The number of nitrogens with one attached hydrogen (secondary N) is 1. The fraction of sp³-hybridized carbons (Fsp3) is 0.440. The lowest BCUT2D eigenvalue weighted by molar-refractivity contribution is -0.140. The van der Waals surface area contributed by atoms with Crippen molar-refractivity contribution in [2.24, 2.45) is 0 Å². The average Bonchev–Trinajstić information content (AvgIpc) is 2.83. The van der Waals surface area contributed by atoms with Gasteiger partial charge in [-0.05, 0) is 38.0 Å². The number of carbonyl (C=O) groups excluding carboxylic acids is 2. The van der Waals surface area contributed by atoms with E-state index in [4.69, 9.17) is 4.74 Å². The third-order valence-electron chi connectivity index (χ3n) is 5.52. The van der Waals surface area contributed by atoms with Gasteiger partial charge in [-0.15, -0.1) is 0 Å². The zero-order valence-corrected chi connectivity index (χ0v) is 21.5. The van der Waals surface area contributed by atoms with Gasteiger partial charge in [0.05, 0.1) is 19.1 Å². The number of para-hydroxylation sites is 2. The van der Waals surface area contributed by atoms with Crippen molar-refractivity contribution in [1.82, 2.24) is 10.2 Å². The van der Waals surface area contributed by atoms with Gasteiger partial charge >= 0.3 is 0 Å². The Balaban J connectivity index is 2.19. The molecule has 2 rings (SSSR count). The summed E-state index contributed by atoms with van der Waals surface area (Å²) in [5, 5.41) is 2.77. The molecule has 2 amide bonds. The van der Waals surface area contributed by atoms with E-state index in [1.165, 1.54) is 22.4 Å². The monoisotopic (exact) mass is 507 g/mol. The molecule has 0 bridgehead atoms. The Labute approximate surface area is 207 Å². The van der Waals surface area contributed by atoms with Crippen LogP contribution in [0.2, 0.25) is 0 Å². The summed E-state index contributed by atoms with van der Waals surface area (Å²) in [6.07, 6.45) is 2.00. The van der Waals surface area contributed by atoms with Crippen LogP contribution in [0.3, 0.4) is 0 Å². The second-order valence-corrected chi connectivity index (χ2v) is 10.1. The molecule has 0 heterocycles. The third-order valence-corrected chi connectivity index (χ3v) is 6.70. The molecule has 1 N–H and O–H groups in total. The van der Waals surface area contributed by atoms with Crippen LogP contribution in [0.5, 0.6) is 5.75 Å². The molecule has 192 valence electrons. The molecule has 0 fully saturated rings.